The fourth-order valence-corrected chi connectivity index (χ4v) is 5.95. The number of aromatic amines is 1. The Morgan fingerprint density at radius 2 is 2.06 bits per heavy atom. The Morgan fingerprint density at radius 1 is 1.15 bits per heavy atom. The predicted molar refractivity (Wildman–Crippen MR) is 113 cm³/mol. The number of carbonyl (C=O) groups is 2. The highest BCUT2D eigenvalue weighted by molar-refractivity contribution is 5.94. The van der Waals surface area contributed by atoms with Gasteiger partial charge < -0.3 is 19.5 Å². The molecule has 2 bridgehead atoms. The van der Waals surface area contributed by atoms with Crippen LogP contribution in [0.3, 0.4) is 0 Å². The van der Waals surface area contributed by atoms with Gasteiger partial charge in [-0.3, -0.25) is 14.2 Å². The van der Waals surface area contributed by atoms with Crippen molar-refractivity contribution in [3.63, 3.8) is 0 Å². The van der Waals surface area contributed by atoms with Crippen molar-refractivity contribution in [2.75, 3.05) is 13.2 Å². The average Bonchev–Trinajstić information content (AvgIpc) is 3.44. The van der Waals surface area contributed by atoms with E-state index in [1.807, 2.05) is 4.90 Å². The molecule has 1 saturated carbocycles. The van der Waals surface area contributed by atoms with E-state index in [4.69, 9.17) is 9.26 Å². The summed E-state index contributed by atoms with van der Waals surface area (Å²) >= 11 is 0. The van der Waals surface area contributed by atoms with Crippen molar-refractivity contribution >= 4 is 11.8 Å². The van der Waals surface area contributed by atoms with E-state index in [-0.39, 0.29) is 35.5 Å². The summed E-state index contributed by atoms with van der Waals surface area (Å²) in [5, 5.41) is 13.8. The minimum Gasteiger partial charge on any atom is -0.376 e. The lowest BCUT2D eigenvalue weighted by molar-refractivity contribution is -0.127. The summed E-state index contributed by atoms with van der Waals surface area (Å²) in [5.74, 6) is 1.57. The Balaban J connectivity index is 1.18. The van der Waals surface area contributed by atoms with Gasteiger partial charge in [0.25, 0.3) is 5.91 Å². The van der Waals surface area contributed by atoms with Crippen LogP contribution < -0.4 is 11.0 Å². The molecule has 11 heteroatoms. The van der Waals surface area contributed by atoms with Crippen LogP contribution in [0.4, 0.5) is 0 Å². The monoisotopic (exact) mass is 456 g/mol. The van der Waals surface area contributed by atoms with E-state index in [9.17, 15) is 14.4 Å². The van der Waals surface area contributed by atoms with Crippen LogP contribution in [0.15, 0.2) is 9.32 Å². The lowest BCUT2D eigenvalue weighted by atomic mass is 9.76. The second-order valence-electron chi connectivity index (χ2n) is 9.67. The quantitative estimate of drug-likeness (QED) is 0.682. The maximum atomic E-state index is 13.5. The van der Waals surface area contributed by atoms with Crippen molar-refractivity contribution in [2.24, 2.45) is 11.8 Å². The zero-order chi connectivity index (χ0) is 22.5. The van der Waals surface area contributed by atoms with Gasteiger partial charge in [-0.2, -0.15) is 5.10 Å². The summed E-state index contributed by atoms with van der Waals surface area (Å²) in [6.07, 6.45) is 5.44. The van der Waals surface area contributed by atoms with Crippen LogP contribution in [-0.2, 0) is 35.5 Å². The number of hydrogen-bond donors (Lipinski definition) is 2. The van der Waals surface area contributed by atoms with Gasteiger partial charge in [-0.25, -0.2) is 9.89 Å². The summed E-state index contributed by atoms with van der Waals surface area (Å²) in [6, 6.07) is -0.154. The van der Waals surface area contributed by atoms with Crippen molar-refractivity contribution in [1.29, 1.82) is 0 Å². The van der Waals surface area contributed by atoms with Crippen molar-refractivity contribution in [3.8, 4) is 0 Å². The molecule has 33 heavy (non-hydrogen) atoms. The summed E-state index contributed by atoms with van der Waals surface area (Å²) < 4.78 is 12.5. The Morgan fingerprint density at radius 3 is 2.97 bits per heavy atom. The van der Waals surface area contributed by atoms with E-state index in [0.717, 1.165) is 37.0 Å². The molecule has 2 amide bonds. The van der Waals surface area contributed by atoms with E-state index >= 15 is 0 Å². The highest BCUT2D eigenvalue weighted by Gasteiger charge is 2.43. The van der Waals surface area contributed by atoms with Crippen molar-refractivity contribution < 1.29 is 18.8 Å². The molecule has 4 unspecified atom stereocenters. The summed E-state index contributed by atoms with van der Waals surface area (Å²) in [6.45, 7) is 2.07. The number of carbonyl (C=O) groups excluding carboxylic acids is 2. The minimum absolute atomic E-state index is 0.0228. The van der Waals surface area contributed by atoms with Crippen LogP contribution in [0, 0.1) is 11.8 Å². The number of rotatable bonds is 3. The number of nitrogens with one attached hydrogen (secondary N) is 2. The van der Waals surface area contributed by atoms with Gasteiger partial charge >= 0.3 is 5.69 Å². The third-order valence-electron chi connectivity index (χ3n) is 7.82. The highest BCUT2D eigenvalue weighted by Crippen LogP contribution is 2.36. The molecule has 2 aromatic heterocycles. The third kappa shape index (κ3) is 3.58. The van der Waals surface area contributed by atoms with Gasteiger partial charge in [-0.15, -0.1) is 0 Å². The largest absolute Gasteiger partial charge is 0.376 e. The van der Waals surface area contributed by atoms with Gasteiger partial charge in [0.1, 0.15) is 11.6 Å². The second kappa shape index (κ2) is 8.12. The first kappa shape index (κ1) is 20.6. The molecule has 2 aromatic rings. The Hall–Kier alpha value is -2.95. The number of hydrogen-bond acceptors (Lipinski definition) is 7. The van der Waals surface area contributed by atoms with E-state index in [2.05, 4.69) is 20.7 Å². The molecule has 1 saturated heterocycles. The first-order valence-corrected chi connectivity index (χ1v) is 11.9. The number of amides is 2. The van der Waals surface area contributed by atoms with Crippen LogP contribution in [0.5, 0.6) is 0 Å². The first-order chi connectivity index (χ1) is 16.1. The minimum atomic E-state index is -0.224. The Kier molecular flexibility index (Phi) is 5.08. The zero-order valence-electron chi connectivity index (χ0n) is 18.4. The van der Waals surface area contributed by atoms with Crippen molar-refractivity contribution in [1.82, 2.24) is 30.1 Å². The molecule has 0 radical (unpaired) electrons. The van der Waals surface area contributed by atoms with E-state index in [1.54, 1.807) is 4.57 Å². The van der Waals surface area contributed by atoms with Crippen molar-refractivity contribution in [3.05, 3.63) is 33.3 Å². The van der Waals surface area contributed by atoms with E-state index in [1.165, 1.54) is 0 Å². The van der Waals surface area contributed by atoms with E-state index in [0.29, 0.717) is 63.0 Å². The fraction of sp³-hybridized carbons (Fsp3) is 0.682. The number of ether oxygens (including phenoxy) is 1. The number of piperidine rings is 1. The zero-order valence-corrected chi connectivity index (χ0v) is 18.4. The van der Waals surface area contributed by atoms with Crippen LogP contribution in [0.2, 0.25) is 0 Å². The number of fused-ring (bicyclic) bond motifs is 4. The summed E-state index contributed by atoms with van der Waals surface area (Å²) in [5.41, 5.74) is 0.888. The molecule has 11 nitrogen and oxygen atoms in total. The van der Waals surface area contributed by atoms with Crippen LogP contribution >= 0.6 is 0 Å². The highest BCUT2D eigenvalue weighted by atomic mass is 16.5. The molecule has 5 heterocycles. The van der Waals surface area contributed by atoms with Gasteiger partial charge in [0, 0.05) is 37.9 Å². The van der Waals surface area contributed by atoms with Gasteiger partial charge in [0.2, 0.25) is 5.91 Å². The Bertz CT molecular complexity index is 1130. The summed E-state index contributed by atoms with van der Waals surface area (Å²) in [4.78, 5) is 40.3. The molecular formula is C22H28N6O5. The second-order valence-corrected chi connectivity index (χ2v) is 9.67. The molecule has 4 atom stereocenters. The molecule has 3 aliphatic heterocycles. The number of nitrogens with zero attached hydrogens (tertiary/aromatic N) is 4. The third-order valence-corrected chi connectivity index (χ3v) is 7.82. The number of aromatic nitrogens is 4. The van der Waals surface area contributed by atoms with Crippen molar-refractivity contribution in [2.45, 2.75) is 70.2 Å². The maximum Gasteiger partial charge on any atom is 0.343 e. The van der Waals surface area contributed by atoms with Gasteiger partial charge in [-0.1, -0.05) is 5.16 Å². The van der Waals surface area contributed by atoms with Crippen LogP contribution in [0.25, 0.3) is 0 Å². The topological polar surface area (TPSA) is 135 Å². The molecule has 6 rings (SSSR count). The fourth-order valence-electron chi connectivity index (χ4n) is 5.95. The lowest BCUT2D eigenvalue weighted by Gasteiger charge is -2.47. The normalized spacial score (nSPS) is 28.7. The lowest BCUT2D eigenvalue weighted by Crippen LogP contribution is -2.60. The Labute approximate surface area is 189 Å². The molecular weight excluding hydrogens is 428 g/mol. The smallest absolute Gasteiger partial charge is 0.343 e. The molecule has 176 valence electrons. The molecule has 4 aliphatic rings. The SMILES string of the molecule is O=C(NC1CCC2CCN(C(=O)c3noc4c3COCC4)C1C2)C1CCn2c(n[nH]c2=O)C1. The first-order valence-electron chi connectivity index (χ1n) is 11.9. The van der Waals surface area contributed by atoms with Gasteiger partial charge in [-0.05, 0) is 38.0 Å². The predicted octanol–water partition coefficient (Wildman–Crippen LogP) is 0.394. The number of H-pyrrole nitrogens is 1. The number of likely N-dealkylation sites (tertiary alicyclic amines) is 1. The van der Waals surface area contributed by atoms with Crippen LogP contribution in [0.1, 0.15) is 59.7 Å². The molecule has 1 aliphatic carbocycles. The molecule has 0 aromatic carbocycles. The standard InChI is InChI=1S/C22H28N6O5/c29-20(13-4-7-28-18(10-13)24-25-22(28)31)23-15-2-1-12-3-6-27(16(15)9-12)21(30)19-14-11-32-8-5-17(14)33-26-19/h12-13,15-16H,1-11H2,(H,23,29)(H,25,31). The van der Waals surface area contributed by atoms with Crippen LogP contribution in [-0.4, -0.2) is 61.9 Å². The average molecular weight is 457 g/mol. The van der Waals surface area contributed by atoms with Gasteiger partial charge in [0.15, 0.2) is 5.69 Å². The summed E-state index contributed by atoms with van der Waals surface area (Å²) in [7, 11) is 0. The maximum absolute atomic E-state index is 13.5. The molecule has 2 fully saturated rings. The molecule has 0 spiro atoms. The van der Waals surface area contributed by atoms with E-state index < -0.39 is 0 Å². The molecule has 2 N–H and O–H groups in total. The van der Waals surface area contributed by atoms with Gasteiger partial charge in [0.05, 0.1) is 24.8 Å².